The molecule has 1 aromatic heterocycles. The van der Waals surface area contributed by atoms with Crippen LogP contribution in [-0.2, 0) is 26.6 Å². The summed E-state index contributed by atoms with van der Waals surface area (Å²) in [5.74, 6) is -12.6. The molecule has 0 aliphatic heterocycles. The smallest absolute Gasteiger partial charge is 0.200 e. The van der Waals surface area contributed by atoms with E-state index in [0.29, 0.717) is 5.56 Å². The van der Waals surface area contributed by atoms with Gasteiger partial charge in [-0.05, 0) is 35.8 Å². The van der Waals surface area contributed by atoms with Gasteiger partial charge in [-0.1, -0.05) is 20.8 Å². The second kappa shape index (κ2) is 8.35. The Hall–Kier alpha value is -1.85. The molecule has 0 radical (unpaired) electrons. The topological polar surface area (TPSA) is 56.3 Å². The predicted molar refractivity (Wildman–Crippen MR) is 103 cm³/mol. The number of hydrogen-bond donors (Lipinski definition) is 0. The molecule has 2 rings (SSSR count). The Morgan fingerprint density at radius 1 is 0.967 bits per heavy atom. The number of nitrogens with zero attached hydrogens (tertiary/aromatic N) is 1. The molecular formula is C19H22F5NO3SSi. The SMILES string of the molecule is CC(C)(C)[Si](C)(C)OCc1ccnc(S(=O)(=O)Cc2c(F)c(F)c(F)c(F)c2F)c1. The summed E-state index contributed by atoms with van der Waals surface area (Å²) in [4.78, 5) is 3.68. The van der Waals surface area contributed by atoms with Crippen molar-refractivity contribution in [3.63, 3.8) is 0 Å². The Balaban J connectivity index is 2.34. The molecule has 11 heteroatoms. The minimum Gasteiger partial charge on any atom is -0.413 e. The molecule has 166 valence electrons. The van der Waals surface area contributed by atoms with Crippen LogP contribution in [0.5, 0.6) is 0 Å². The summed E-state index contributed by atoms with van der Waals surface area (Å²) >= 11 is 0. The lowest BCUT2D eigenvalue weighted by Crippen LogP contribution is -2.40. The zero-order chi connectivity index (χ0) is 23.1. The zero-order valence-electron chi connectivity index (χ0n) is 17.1. The van der Waals surface area contributed by atoms with Gasteiger partial charge in [0.2, 0.25) is 5.82 Å². The number of aromatic nitrogens is 1. The van der Waals surface area contributed by atoms with Gasteiger partial charge >= 0.3 is 0 Å². The van der Waals surface area contributed by atoms with Gasteiger partial charge in [0, 0.05) is 11.8 Å². The van der Waals surface area contributed by atoms with Crippen molar-refractivity contribution in [2.24, 2.45) is 0 Å². The fourth-order valence-corrected chi connectivity index (χ4v) is 4.53. The van der Waals surface area contributed by atoms with Crippen LogP contribution in [0.1, 0.15) is 31.9 Å². The summed E-state index contributed by atoms with van der Waals surface area (Å²) in [6, 6.07) is 2.68. The highest BCUT2D eigenvalue weighted by Gasteiger charge is 2.37. The Kier molecular flexibility index (Phi) is 6.80. The minimum absolute atomic E-state index is 0.0826. The van der Waals surface area contributed by atoms with E-state index in [2.05, 4.69) is 4.98 Å². The van der Waals surface area contributed by atoms with Gasteiger partial charge in [0.25, 0.3) is 0 Å². The first kappa shape index (κ1) is 24.4. The van der Waals surface area contributed by atoms with Gasteiger partial charge in [0.1, 0.15) is 0 Å². The summed E-state index contributed by atoms with van der Waals surface area (Å²) in [6.07, 6.45) is 1.18. The lowest BCUT2D eigenvalue weighted by Gasteiger charge is -2.36. The molecule has 0 atom stereocenters. The summed E-state index contributed by atoms with van der Waals surface area (Å²) < 4.78 is 98.8. The van der Waals surface area contributed by atoms with Crippen molar-refractivity contribution in [3.8, 4) is 0 Å². The van der Waals surface area contributed by atoms with Crippen molar-refractivity contribution in [2.45, 2.75) is 56.3 Å². The molecule has 2 aromatic rings. The fourth-order valence-electron chi connectivity index (χ4n) is 2.23. The zero-order valence-corrected chi connectivity index (χ0v) is 18.9. The van der Waals surface area contributed by atoms with Gasteiger partial charge in [0.05, 0.1) is 12.4 Å². The fraction of sp³-hybridized carbons (Fsp3) is 0.421. The quantitative estimate of drug-likeness (QED) is 0.251. The maximum atomic E-state index is 13.9. The van der Waals surface area contributed by atoms with Crippen molar-refractivity contribution < 1.29 is 34.8 Å². The van der Waals surface area contributed by atoms with E-state index in [1.807, 2.05) is 33.9 Å². The third kappa shape index (κ3) is 4.89. The highest BCUT2D eigenvalue weighted by atomic mass is 32.2. The first-order valence-electron chi connectivity index (χ1n) is 8.90. The third-order valence-corrected chi connectivity index (χ3v) is 11.2. The number of benzene rings is 1. The number of pyridine rings is 1. The second-order valence-corrected chi connectivity index (χ2v) is 15.1. The largest absolute Gasteiger partial charge is 0.413 e. The molecular weight excluding hydrogens is 445 g/mol. The van der Waals surface area contributed by atoms with E-state index in [4.69, 9.17) is 4.43 Å². The highest BCUT2D eigenvalue weighted by Crippen LogP contribution is 2.37. The van der Waals surface area contributed by atoms with Crippen molar-refractivity contribution in [1.29, 1.82) is 0 Å². The average molecular weight is 468 g/mol. The van der Waals surface area contributed by atoms with E-state index in [0.717, 1.165) is 6.07 Å². The van der Waals surface area contributed by atoms with Gasteiger partial charge in [-0.25, -0.2) is 35.4 Å². The molecule has 0 amide bonds. The maximum Gasteiger partial charge on any atom is 0.200 e. The van der Waals surface area contributed by atoms with Gasteiger partial charge < -0.3 is 4.43 Å². The van der Waals surface area contributed by atoms with Crippen LogP contribution < -0.4 is 0 Å². The van der Waals surface area contributed by atoms with Gasteiger partial charge in [-0.2, -0.15) is 0 Å². The summed E-state index contributed by atoms with van der Waals surface area (Å²) in [5.41, 5.74) is -0.984. The van der Waals surface area contributed by atoms with Crippen molar-refractivity contribution in [3.05, 3.63) is 58.5 Å². The number of sulfone groups is 1. The number of hydrogen-bond acceptors (Lipinski definition) is 4. The Bertz CT molecular complexity index is 1040. The standard InChI is InChI=1S/C19H22F5NO3SSi/c1-19(2,3)30(4,5)28-9-11-6-7-25-13(8-11)29(26,27)10-12-14(20)16(22)18(24)17(23)15(12)21/h6-8H,9-10H2,1-5H3. The summed E-state index contributed by atoms with van der Waals surface area (Å²) in [6.45, 7) is 10.2. The van der Waals surface area contributed by atoms with Gasteiger partial charge in [-0.3, -0.25) is 0 Å². The molecule has 0 fully saturated rings. The van der Waals surface area contributed by atoms with Crippen LogP contribution in [0.25, 0.3) is 0 Å². The monoisotopic (exact) mass is 467 g/mol. The molecule has 0 saturated heterocycles. The van der Waals surface area contributed by atoms with E-state index in [-0.39, 0.29) is 11.6 Å². The first-order chi connectivity index (χ1) is 13.6. The van der Waals surface area contributed by atoms with Crippen molar-refractivity contribution >= 4 is 18.2 Å². The highest BCUT2D eigenvalue weighted by molar-refractivity contribution is 7.90. The number of halogens is 5. The van der Waals surface area contributed by atoms with Gasteiger partial charge in [-0.15, -0.1) is 0 Å². The van der Waals surface area contributed by atoms with E-state index in [9.17, 15) is 30.4 Å². The molecule has 0 bridgehead atoms. The maximum absolute atomic E-state index is 13.9. The van der Waals surface area contributed by atoms with Crippen LogP contribution >= 0.6 is 0 Å². The molecule has 0 spiro atoms. The van der Waals surface area contributed by atoms with E-state index >= 15 is 0 Å². The first-order valence-corrected chi connectivity index (χ1v) is 13.5. The predicted octanol–water partition coefficient (Wildman–Crippen LogP) is 5.27. The molecule has 1 aromatic carbocycles. The minimum atomic E-state index is -4.50. The van der Waals surface area contributed by atoms with E-state index in [1.165, 1.54) is 12.3 Å². The summed E-state index contributed by atoms with van der Waals surface area (Å²) in [5, 5.41) is -0.636. The normalized spacial score (nSPS) is 13.0. The van der Waals surface area contributed by atoms with Crippen LogP contribution in [0.15, 0.2) is 23.4 Å². The molecule has 0 aliphatic carbocycles. The van der Waals surface area contributed by atoms with Crippen LogP contribution in [-0.4, -0.2) is 21.7 Å². The Morgan fingerprint density at radius 3 is 1.97 bits per heavy atom. The summed E-state index contributed by atoms with van der Waals surface area (Å²) in [7, 11) is -6.63. The second-order valence-electron chi connectivity index (χ2n) is 8.36. The average Bonchev–Trinajstić information content (AvgIpc) is 2.66. The lowest BCUT2D eigenvalue weighted by molar-refractivity contribution is 0.276. The molecule has 4 nitrogen and oxygen atoms in total. The van der Waals surface area contributed by atoms with Crippen molar-refractivity contribution in [1.82, 2.24) is 4.98 Å². The number of rotatable bonds is 6. The van der Waals surface area contributed by atoms with Gasteiger partial charge in [0.15, 0.2) is 46.4 Å². The molecule has 0 unspecified atom stereocenters. The Labute approximate surface area is 173 Å². The molecule has 0 N–H and O–H groups in total. The lowest BCUT2D eigenvalue weighted by atomic mass is 10.2. The van der Waals surface area contributed by atoms with E-state index in [1.54, 1.807) is 0 Å². The van der Waals surface area contributed by atoms with Crippen molar-refractivity contribution in [2.75, 3.05) is 0 Å². The molecule has 0 saturated carbocycles. The Morgan fingerprint density at radius 2 is 1.47 bits per heavy atom. The molecule has 0 aliphatic rings. The van der Waals surface area contributed by atoms with E-state index < -0.39 is 63.6 Å². The molecule has 30 heavy (non-hydrogen) atoms. The van der Waals surface area contributed by atoms with Crippen LogP contribution in [0, 0.1) is 29.1 Å². The van der Waals surface area contributed by atoms with Crippen LogP contribution in [0.4, 0.5) is 22.0 Å². The van der Waals surface area contributed by atoms with Crippen LogP contribution in [0.3, 0.4) is 0 Å². The molecule has 1 heterocycles. The van der Waals surface area contributed by atoms with Crippen LogP contribution in [0.2, 0.25) is 18.1 Å². The third-order valence-electron chi connectivity index (χ3n) is 5.16.